The molecule has 0 bridgehead atoms. The van der Waals surface area contributed by atoms with Gasteiger partial charge in [-0.25, -0.2) is 0 Å². The summed E-state index contributed by atoms with van der Waals surface area (Å²) in [6.45, 7) is 1.28. The summed E-state index contributed by atoms with van der Waals surface area (Å²) < 4.78 is 0. The Balaban J connectivity index is 1.39. The van der Waals surface area contributed by atoms with Gasteiger partial charge in [0.05, 0.1) is 11.5 Å². The van der Waals surface area contributed by atoms with E-state index in [1.54, 1.807) is 35.9 Å². The average molecular weight is 401 g/mol. The van der Waals surface area contributed by atoms with Crippen LogP contribution < -0.4 is 0 Å². The van der Waals surface area contributed by atoms with Gasteiger partial charge in [0.1, 0.15) is 10.7 Å². The lowest BCUT2D eigenvalue weighted by molar-refractivity contribution is -0.128. The van der Waals surface area contributed by atoms with E-state index in [-0.39, 0.29) is 22.6 Å². The monoisotopic (exact) mass is 400 g/mol. The van der Waals surface area contributed by atoms with E-state index in [0.29, 0.717) is 24.6 Å². The van der Waals surface area contributed by atoms with Crippen LogP contribution in [0, 0.1) is 0 Å². The number of nitrogens with zero attached hydrogens (tertiary/aromatic N) is 4. The average Bonchev–Trinajstić information content (AvgIpc) is 3.26. The lowest BCUT2D eigenvalue weighted by atomic mass is 10.2. The Morgan fingerprint density at radius 1 is 0.852 bits per heavy atom. The third-order valence-corrected chi connectivity index (χ3v) is 7.19. The van der Waals surface area contributed by atoms with Gasteiger partial charge in [-0.15, -0.1) is 23.5 Å². The minimum Gasteiger partial charge on any atom is -0.326 e. The Hall–Kier alpha value is -2.06. The second kappa shape index (κ2) is 8.31. The Bertz CT molecular complexity index is 738. The summed E-state index contributed by atoms with van der Waals surface area (Å²) in [4.78, 5) is 36.8. The van der Waals surface area contributed by atoms with Gasteiger partial charge in [0.15, 0.2) is 0 Å². The second-order valence-electron chi connectivity index (χ2n) is 6.43. The molecule has 140 valence electrons. The van der Waals surface area contributed by atoms with Crippen LogP contribution in [-0.4, -0.2) is 56.2 Å². The summed E-state index contributed by atoms with van der Waals surface area (Å²) in [5, 5.41) is 0.0351. The number of amides is 2. The highest BCUT2D eigenvalue weighted by molar-refractivity contribution is 8.00. The van der Waals surface area contributed by atoms with Crippen molar-refractivity contribution in [1.82, 2.24) is 19.8 Å². The molecule has 2 aliphatic rings. The Kier molecular flexibility index (Phi) is 5.63. The van der Waals surface area contributed by atoms with Crippen LogP contribution in [0.4, 0.5) is 0 Å². The third kappa shape index (κ3) is 3.96. The number of pyridine rings is 2. The first-order valence-corrected chi connectivity index (χ1v) is 11.0. The molecule has 2 fully saturated rings. The van der Waals surface area contributed by atoms with Crippen molar-refractivity contribution in [3.63, 3.8) is 0 Å². The summed E-state index contributed by atoms with van der Waals surface area (Å²) in [5.74, 6) is 1.30. The van der Waals surface area contributed by atoms with Crippen LogP contribution in [0.5, 0.6) is 0 Å². The number of hydrogen-bond acceptors (Lipinski definition) is 6. The molecule has 27 heavy (non-hydrogen) atoms. The van der Waals surface area contributed by atoms with Gasteiger partial charge in [0.25, 0.3) is 0 Å². The van der Waals surface area contributed by atoms with Gasteiger partial charge in [-0.05, 0) is 18.6 Å². The van der Waals surface area contributed by atoms with Gasteiger partial charge in [-0.2, -0.15) is 0 Å². The van der Waals surface area contributed by atoms with Crippen molar-refractivity contribution >= 4 is 35.3 Å². The molecule has 2 atom stereocenters. The zero-order valence-electron chi connectivity index (χ0n) is 14.7. The van der Waals surface area contributed by atoms with Crippen molar-refractivity contribution in [2.45, 2.75) is 17.2 Å². The smallest absolute Gasteiger partial charge is 0.233 e. The van der Waals surface area contributed by atoms with Gasteiger partial charge in [-0.3, -0.25) is 19.6 Å². The minimum atomic E-state index is 0.0176. The lowest BCUT2D eigenvalue weighted by Crippen LogP contribution is -2.34. The second-order valence-corrected chi connectivity index (χ2v) is 8.56. The third-order valence-electron chi connectivity index (χ3n) is 4.67. The Labute approximate surface area is 166 Å². The van der Waals surface area contributed by atoms with Crippen LogP contribution in [0.25, 0.3) is 0 Å². The van der Waals surface area contributed by atoms with Crippen molar-refractivity contribution in [1.29, 1.82) is 0 Å². The molecule has 0 saturated carbocycles. The quantitative estimate of drug-likeness (QED) is 0.743. The van der Waals surface area contributed by atoms with Crippen LogP contribution in [0.2, 0.25) is 0 Å². The highest BCUT2D eigenvalue weighted by Gasteiger charge is 2.35. The van der Waals surface area contributed by atoms with E-state index in [1.165, 1.54) is 0 Å². The predicted octanol–water partition coefficient (Wildman–Crippen LogP) is 2.71. The van der Waals surface area contributed by atoms with E-state index in [9.17, 15) is 9.59 Å². The maximum atomic E-state index is 12.3. The summed E-state index contributed by atoms with van der Waals surface area (Å²) in [6.07, 6.45) is 7.88. The van der Waals surface area contributed by atoms with Crippen LogP contribution in [0.3, 0.4) is 0 Å². The fraction of sp³-hybridized carbons (Fsp3) is 0.368. The van der Waals surface area contributed by atoms with E-state index in [2.05, 4.69) is 9.97 Å². The highest BCUT2D eigenvalue weighted by Crippen LogP contribution is 2.40. The molecule has 0 aliphatic carbocycles. The van der Waals surface area contributed by atoms with Crippen molar-refractivity contribution in [3.8, 4) is 0 Å². The molecular weight excluding hydrogens is 380 g/mol. The Morgan fingerprint density at radius 2 is 1.33 bits per heavy atom. The zero-order valence-corrected chi connectivity index (χ0v) is 16.4. The van der Waals surface area contributed by atoms with Crippen molar-refractivity contribution in [2.75, 3.05) is 24.6 Å². The van der Waals surface area contributed by atoms with Gasteiger partial charge >= 0.3 is 0 Å². The molecule has 2 unspecified atom stereocenters. The number of carbonyl (C=O) groups excluding carboxylic acids is 2. The number of hydrogen-bond donors (Lipinski definition) is 0. The van der Waals surface area contributed by atoms with E-state index in [4.69, 9.17) is 0 Å². The van der Waals surface area contributed by atoms with E-state index >= 15 is 0 Å². The predicted molar refractivity (Wildman–Crippen MR) is 107 cm³/mol. The molecule has 8 heteroatoms. The van der Waals surface area contributed by atoms with Crippen LogP contribution in [0.1, 0.15) is 28.3 Å². The molecule has 4 heterocycles. The topological polar surface area (TPSA) is 66.4 Å². The fourth-order valence-electron chi connectivity index (χ4n) is 3.40. The summed E-state index contributed by atoms with van der Waals surface area (Å²) in [5.41, 5.74) is 2.10. The molecule has 0 spiro atoms. The van der Waals surface area contributed by atoms with Crippen molar-refractivity contribution < 1.29 is 9.59 Å². The van der Waals surface area contributed by atoms with E-state index < -0.39 is 0 Å². The van der Waals surface area contributed by atoms with Crippen molar-refractivity contribution in [3.05, 3.63) is 60.2 Å². The molecule has 2 aromatic heterocycles. The van der Waals surface area contributed by atoms with Crippen molar-refractivity contribution in [2.24, 2.45) is 0 Å². The Morgan fingerprint density at radius 3 is 1.74 bits per heavy atom. The van der Waals surface area contributed by atoms with Crippen LogP contribution in [-0.2, 0) is 9.59 Å². The molecular formula is C19H20N4O2S2. The summed E-state index contributed by atoms with van der Waals surface area (Å²) in [7, 11) is 0. The molecule has 0 N–H and O–H groups in total. The first-order chi connectivity index (χ1) is 13.2. The maximum absolute atomic E-state index is 12.3. The zero-order chi connectivity index (χ0) is 18.6. The highest BCUT2D eigenvalue weighted by atomic mass is 32.2. The van der Waals surface area contributed by atoms with Gasteiger partial charge in [0.2, 0.25) is 11.8 Å². The molecule has 6 nitrogen and oxygen atoms in total. The van der Waals surface area contributed by atoms with Crippen LogP contribution in [0.15, 0.2) is 49.1 Å². The summed E-state index contributed by atoms with van der Waals surface area (Å²) >= 11 is 3.27. The molecule has 4 rings (SSSR count). The standard InChI is InChI=1S/C19H20N4O2S2/c24-16-12-26-18(14-4-1-6-20-10-14)22(16)8-3-9-23-17(25)13-27-19(23)15-5-2-7-21-11-15/h1-2,4-7,10-11,18-19H,3,8-9,12-13H2. The van der Waals surface area contributed by atoms with E-state index in [1.807, 2.05) is 46.5 Å². The fourth-order valence-corrected chi connectivity index (χ4v) is 5.80. The van der Waals surface area contributed by atoms with E-state index in [0.717, 1.165) is 17.5 Å². The molecule has 2 saturated heterocycles. The first-order valence-electron chi connectivity index (χ1n) is 8.86. The number of rotatable bonds is 6. The molecule has 2 amide bonds. The van der Waals surface area contributed by atoms with Gasteiger partial charge in [-0.1, -0.05) is 12.1 Å². The van der Waals surface area contributed by atoms with Crippen LogP contribution >= 0.6 is 23.5 Å². The molecule has 0 radical (unpaired) electrons. The van der Waals surface area contributed by atoms with Gasteiger partial charge in [0, 0.05) is 49.0 Å². The SMILES string of the molecule is O=C1CSC(c2cccnc2)N1CCCN1C(=O)CSC1c1cccnc1. The molecule has 0 aromatic carbocycles. The maximum Gasteiger partial charge on any atom is 0.233 e. The lowest BCUT2D eigenvalue weighted by Gasteiger charge is -2.27. The van der Waals surface area contributed by atoms with Gasteiger partial charge < -0.3 is 9.80 Å². The minimum absolute atomic E-state index is 0.0176. The molecule has 2 aromatic rings. The number of thioether (sulfide) groups is 2. The first kappa shape index (κ1) is 18.3. The number of carbonyl (C=O) groups is 2. The summed E-state index contributed by atoms with van der Waals surface area (Å²) in [6, 6.07) is 7.82. The molecule has 2 aliphatic heterocycles. The largest absolute Gasteiger partial charge is 0.326 e. The normalized spacial score (nSPS) is 22.7. The number of aromatic nitrogens is 2.